The first-order valence-electron chi connectivity index (χ1n) is 10.8. The van der Waals surface area contributed by atoms with Crippen molar-refractivity contribution in [2.75, 3.05) is 0 Å². The van der Waals surface area contributed by atoms with E-state index in [1.165, 1.54) is 46.6 Å². The first-order chi connectivity index (χ1) is 17.2. The number of nitrogens with zero attached hydrogens (tertiary/aromatic N) is 1. The lowest BCUT2D eigenvalue weighted by Gasteiger charge is -2.29. The van der Waals surface area contributed by atoms with Gasteiger partial charge in [0.25, 0.3) is 5.91 Å². The lowest BCUT2D eigenvalue weighted by atomic mass is 10.0. The molecule has 0 aliphatic heterocycles. The summed E-state index contributed by atoms with van der Waals surface area (Å²) in [5.74, 6) is -2.22. The fourth-order valence-electron chi connectivity index (χ4n) is 3.77. The first-order valence-corrected chi connectivity index (χ1v) is 12.8. The molecule has 4 nitrogen and oxygen atoms in total. The summed E-state index contributed by atoms with van der Waals surface area (Å²) in [6, 6.07) is 18.7. The smallest absolute Gasteiger partial charge is 0.326 e. The van der Waals surface area contributed by atoms with Gasteiger partial charge in [-0.3, -0.25) is 4.79 Å². The van der Waals surface area contributed by atoms with Crippen LogP contribution < -0.4 is 0 Å². The number of hydrogen-bond donors (Lipinski definition) is 1. The molecule has 3 aromatic carbocycles. The van der Waals surface area contributed by atoms with Gasteiger partial charge in [-0.2, -0.15) is 0 Å². The number of aliphatic carboxylic acids is 1. The topological polar surface area (TPSA) is 57.6 Å². The van der Waals surface area contributed by atoms with Crippen molar-refractivity contribution in [2.45, 2.75) is 19.0 Å². The molecule has 1 atom stereocenters. The number of carboxylic acid groups (broad SMARTS) is 1. The minimum Gasteiger partial charge on any atom is -0.480 e. The van der Waals surface area contributed by atoms with Crippen molar-refractivity contribution >= 4 is 58.0 Å². The van der Waals surface area contributed by atoms with Gasteiger partial charge >= 0.3 is 5.97 Å². The van der Waals surface area contributed by atoms with Crippen LogP contribution in [0.3, 0.4) is 0 Å². The summed E-state index contributed by atoms with van der Waals surface area (Å²) in [7, 11) is 0. The minimum absolute atomic E-state index is 0.0162. The third-order valence-electron chi connectivity index (χ3n) is 5.59. The summed E-state index contributed by atoms with van der Waals surface area (Å²) >= 11 is 19.4. The fraction of sp³-hybridized carbons (Fsp3) is 0.111. The van der Waals surface area contributed by atoms with Crippen LogP contribution in [0.1, 0.15) is 20.8 Å². The molecule has 0 radical (unpaired) electrons. The van der Waals surface area contributed by atoms with Crippen molar-refractivity contribution in [3.63, 3.8) is 0 Å². The zero-order valence-corrected chi connectivity index (χ0v) is 21.7. The molecular formula is C27H19Cl3FNO3S. The Morgan fingerprint density at radius 3 is 2.33 bits per heavy atom. The summed E-state index contributed by atoms with van der Waals surface area (Å²) in [6.07, 6.45) is 0.105. The maximum atomic E-state index is 14.0. The number of thiophene rings is 1. The SMILES string of the molecule is O=C(O)C(Cc1ccccc1)N(Cc1cc(-c2ccc(Cl)c(F)c2)cs1)C(=O)c1ccc(Cl)cc1Cl. The van der Waals surface area contributed by atoms with E-state index in [-0.39, 0.29) is 28.6 Å². The van der Waals surface area contributed by atoms with E-state index in [9.17, 15) is 19.1 Å². The standard InChI is InChI=1S/C27H19Cl3FNO3S/c28-19-7-8-21(23(30)13-19)26(33)32(25(27(34)35)10-16-4-2-1-3-5-16)14-20-11-18(15-36-20)17-6-9-22(29)24(31)12-17/h1-9,11-13,15,25H,10,14H2,(H,34,35). The van der Waals surface area contributed by atoms with Gasteiger partial charge in [-0.25, -0.2) is 9.18 Å². The van der Waals surface area contributed by atoms with Crippen LogP contribution in [-0.2, 0) is 17.8 Å². The molecule has 0 bridgehead atoms. The predicted octanol–water partition coefficient (Wildman–Crippen LogP) is 7.85. The number of amides is 1. The predicted molar refractivity (Wildman–Crippen MR) is 143 cm³/mol. The molecule has 4 rings (SSSR count). The fourth-order valence-corrected chi connectivity index (χ4v) is 5.27. The van der Waals surface area contributed by atoms with E-state index < -0.39 is 23.7 Å². The van der Waals surface area contributed by atoms with Crippen molar-refractivity contribution in [3.8, 4) is 11.1 Å². The van der Waals surface area contributed by atoms with Crippen LogP contribution >= 0.6 is 46.1 Å². The first kappa shape index (κ1) is 26.2. The van der Waals surface area contributed by atoms with Crippen molar-refractivity contribution in [3.05, 3.63) is 115 Å². The van der Waals surface area contributed by atoms with Gasteiger partial charge in [0.1, 0.15) is 11.9 Å². The summed E-state index contributed by atoms with van der Waals surface area (Å²) in [6.45, 7) is 0.0162. The van der Waals surface area contributed by atoms with E-state index in [0.29, 0.717) is 10.6 Å². The molecule has 184 valence electrons. The molecule has 1 unspecified atom stereocenters. The minimum atomic E-state index is -1.16. The maximum Gasteiger partial charge on any atom is 0.326 e. The van der Waals surface area contributed by atoms with Gasteiger partial charge in [0.2, 0.25) is 0 Å². The number of rotatable bonds is 8. The molecular weight excluding hydrogens is 544 g/mol. The van der Waals surface area contributed by atoms with E-state index in [1.54, 1.807) is 12.1 Å². The highest BCUT2D eigenvalue weighted by molar-refractivity contribution is 7.10. The van der Waals surface area contributed by atoms with E-state index in [2.05, 4.69) is 0 Å². The molecule has 1 heterocycles. The quantitative estimate of drug-likeness (QED) is 0.238. The average Bonchev–Trinajstić information content (AvgIpc) is 3.32. The highest BCUT2D eigenvalue weighted by Crippen LogP contribution is 2.31. The molecule has 1 N–H and O–H groups in total. The Morgan fingerprint density at radius 2 is 1.67 bits per heavy atom. The Morgan fingerprint density at radius 1 is 0.917 bits per heavy atom. The average molecular weight is 563 g/mol. The Balaban J connectivity index is 1.70. The number of hydrogen-bond acceptors (Lipinski definition) is 3. The maximum absolute atomic E-state index is 14.0. The van der Waals surface area contributed by atoms with Gasteiger partial charge in [-0.05, 0) is 58.5 Å². The Bertz CT molecular complexity index is 1410. The molecule has 0 saturated carbocycles. The van der Waals surface area contributed by atoms with Crippen LogP contribution in [0.2, 0.25) is 15.1 Å². The number of carbonyl (C=O) groups is 2. The Kier molecular flexibility index (Phi) is 8.32. The lowest BCUT2D eigenvalue weighted by Crippen LogP contribution is -2.46. The summed E-state index contributed by atoms with van der Waals surface area (Å²) in [4.78, 5) is 28.1. The van der Waals surface area contributed by atoms with E-state index in [0.717, 1.165) is 16.0 Å². The van der Waals surface area contributed by atoms with Gasteiger partial charge in [0.05, 0.1) is 22.2 Å². The van der Waals surface area contributed by atoms with E-state index in [4.69, 9.17) is 34.8 Å². The second kappa shape index (κ2) is 11.4. The van der Waals surface area contributed by atoms with Crippen LogP contribution in [0.15, 0.2) is 78.2 Å². The van der Waals surface area contributed by atoms with Crippen molar-refractivity contribution < 1.29 is 19.1 Å². The summed E-state index contributed by atoms with van der Waals surface area (Å²) in [5.41, 5.74) is 2.28. The van der Waals surface area contributed by atoms with Crippen molar-refractivity contribution in [1.82, 2.24) is 4.90 Å². The largest absolute Gasteiger partial charge is 0.480 e. The zero-order valence-electron chi connectivity index (χ0n) is 18.6. The Hall–Kier alpha value is -2.90. The second-order valence-electron chi connectivity index (χ2n) is 8.03. The number of halogens is 4. The summed E-state index contributed by atoms with van der Waals surface area (Å²) in [5, 5.41) is 12.5. The monoisotopic (exact) mass is 561 g/mol. The Labute approximate surface area is 226 Å². The zero-order chi connectivity index (χ0) is 25.8. The molecule has 4 aromatic rings. The van der Waals surface area contributed by atoms with Crippen LogP contribution in [0.4, 0.5) is 4.39 Å². The van der Waals surface area contributed by atoms with Gasteiger partial charge in [0.15, 0.2) is 0 Å². The van der Waals surface area contributed by atoms with Gasteiger partial charge in [-0.15, -0.1) is 11.3 Å². The highest BCUT2D eigenvalue weighted by Gasteiger charge is 2.32. The second-order valence-corrected chi connectivity index (χ2v) is 10.3. The molecule has 0 spiro atoms. The molecule has 0 aliphatic rings. The lowest BCUT2D eigenvalue weighted by molar-refractivity contribution is -0.142. The normalized spacial score (nSPS) is 11.8. The molecule has 1 amide bonds. The molecule has 0 saturated heterocycles. The van der Waals surface area contributed by atoms with Gasteiger partial charge in [0, 0.05) is 16.3 Å². The number of carboxylic acids is 1. The third kappa shape index (κ3) is 6.08. The van der Waals surface area contributed by atoms with Crippen molar-refractivity contribution in [1.29, 1.82) is 0 Å². The van der Waals surface area contributed by atoms with E-state index in [1.807, 2.05) is 35.7 Å². The summed E-state index contributed by atoms with van der Waals surface area (Å²) < 4.78 is 14.0. The molecule has 0 fully saturated rings. The number of benzene rings is 3. The van der Waals surface area contributed by atoms with Crippen LogP contribution in [0.5, 0.6) is 0 Å². The molecule has 9 heteroatoms. The van der Waals surface area contributed by atoms with Crippen molar-refractivity contribution in [2.24, 2.45) is 0 Å². The van der Waals surface area contributed by atoms with Crippen LogP contribution in [-0.4, -0.2) is 27.9 Å². The number of carbonyl (C=O) groups excluding carboxylic acids is 1. The van der Waals surface area contributed by atoms with E-state index >= 15 is 0 Å². The van der Waals surface area contributed by atoms with Gasteiger partial charge < -0.3 is 10.0 Å². The van der Waals surface area contributed by atoms with Crippen LogP contribution in [0.25, 0.3) is 11.1 Å². The molecule has 0 aliphatic carbocycles. The van der Waals surface area contributed by atoms with Crippen LogP contribution in [0, 0.1) is 5.82 Å². The molecule has 36 heavy (non-hydrogen) atoms. The third-order valence-corrected chi connectivity index (χ3v) is 7.36. The highest BCUT2D eigenvalue weighted by atomic mass is 35.5. The molecule has 1 aromatic heterocycles. The van der Waals surface area contributed by atoms with Gasteiger partial charge in [-0.1, -0.05) is 71.2 Å².